The molecule has 0 fully saturated rings. The van der Waals surface area contributed by atoms with Crippen molar-refractivity contribution in [1.29, 1.82) is 0 Å². The van der Waals surface area contributed by atoms with Crippen molar-refractivity contribution in [3.8, 4) is 0 Å². The molecule has 1 aliphatic rings. The summed E-state index contributed by atoms with van der Waals surface area (Å²) in [6.45, 7) is 6.76. The minimum atomic E-state index is -0.558. The fourth-order valence-electron chi connectivity index (χ4n) is 1.33. The Hall–Kier alpha value is -1.07. The number of ether oxygens (including phenoxy) is 1. The molecular formula is C11H20N2O3. The van der Waals surface area contributed by atoms with Gasteiger partial charge in [-0.15, -0.1) is 0 Å². The molecule has 16 heavy (non-hydrogen) atoms. The number of nitrogens with one attached hydrogen (secondary N) is 1. The van der Waals surface area contributed by atoms with Gasteiger partial charge in [-0.25, -0.2) is 4.79 Å². The van der Waals surface area contributed by atoms with Crippen molar-refractivity contribution in [2.24, 2.45) is 0 Å². The molecule has 1 aliphatic heterocycles. The van der Waals surface area contributed by atoms with E-state index >= 15 is 0 Å². The summed E-state index contributed by atoms with van der Waals surface area (Å²) in [4.78, 5) is 18.4. The first-order chi connectivity index (χ1) is 7.38. The van der Waals surface area contributed by atoms with Crippen LogP contribution in [0.1, 0.15) is 20.8 Å². The van der Waals surface area contributed by atoms with Gasteiger partial charge < -0.3 is 4.74 Å². The molecule has 0 aromatic heterocycles. The summed E-state index contributed by atoms with van der Waals surface area (Å²) in [5.41, 5.74) is 1.76. The van der Waals surface area contributed by atoms with Gasteiger partial charge in [-0.05, 0) is 27.8 Å². The van der Waals surface area contributed by atoms with Gasteiger partial charge in [0.2, 0.25) is 0 Å². The van der Waals surface area contributed by atoms with Crippen LogP contribution in [0.2, 0.25) is 0 Å². The SMILES string of the molecule is CN1CC=CC1CONC(=O)OC(C)(C)C. The van der Waals surface area contributed by atoms with Crippen LogP contribution in [0.4, 0.5) is 4.79 Å². The van der Waals surface area contributed by atoms with Crippen LogP contribution in [0.5, 0.6) is 0 Å². The van der Waals surface area contributed by atoms with Gasteiger partial charge >= 0.3 is 6.09 Å². The predicted molar refractivity (Wildman–Crippen MR) is 60.9 cm³/mol. The summed E-state index contributed by atoms with van der Waals surface area (Å²) < 4.78 is 5.02. The lowest BCUT2D eigenvalue weighted by atomic mass is 10.2. The van der Waals surface area contributed by atoms with Gasteiger partial charge in [-0.3, -0.25) is 9.74 Å². The Morgan fingerprint density at radius 3 is 2.75 bits per heavy atom. The molecule has 1 amide bonds. The first-order valence-corrected chi connectivity index (χ1v) is 5.36. The van der Waals surface area contributed by atoms with Crippen LogP contribution < -0.4 is 5.48 Å². The van der Waals surface area contributed by atoms with Crippen LogP contribution in [-0.4, -0.2) is 42.8 Å². The van der Waals surface area contributed by atoms with Crippen LogP contribution in [0, 0.1) is 0 Å². The van der Waals surface area contributed by atoms with Crippen LogP contribution in [0.25, 0.3) is 0 Å². The molecule has 0 aromatic rings. The molecule has 0 saturated heterocycles. The molecule has 1 unspecified atom stereocenters. The number of amides is 1. The summed E-state index contributed by atoms with van der Waals surface area (Å²) >= 11 is 0. The largest absolute Gasteiger partial charge is 0.442 e. The molecule has 0 bridgehead atoms. The number of hydrogen-bond donors (Lipinski definition) is 1. The zero-order valence-corrected chi connectivity index (χ0v) is 10.3. The van der Waals surface area contributed by atoms with Gasteiger partial charge in [0.1, 0.15) is 5.60 Å². The Morgan fingerprint density at radius 1 is 1.56 bits per heavy atom. The van der Waals surface area contributed by atoms with Gasteiger partial charge in [0.05, 0.1) is 12.6 Å². The Balaban J connectivity index is 2.16. The average molecular weight is 228 g/mol. The van der Waals surface area contributed by atoms with E-state index in [1.165, 1.54) is 0 Å². The van der Waals surface area contributed by atoms with Gasteiger partial charge in [-0.1, -0.05) is 12.2 Å². The smallest absolute Gasteiger partial charge is 0.431 e. The van der Waals surface area contributed by atoms with Gasteiger partial charge in [0, 0.05) is 6.54 Å². The minimum Gasteiger partial charge on any atom is -0.442 e. The first-order valence-electron chi connectivity index (χ1n) is 5.36. The molecule has 1 rings (SSSR count). The quantitative estimate of drug-likeness (QED) is 0.584. The molecule has 0 aromatic carbocycles. The molecule has 92 valence electrons. The lowest BCUT2D eigenvalue weighted by Gasteiger charge is -2.21. The monoisotopic (exact) mass is 228 g/mol. The molecule has 0 spiro atoms. The summed E-state index contributed by atoms with van der Waals surface area (Å²) in [6, 6.07) is 0.218. The number of rotatable bonds is 3. The van der Waals surface area contributed by atoms with Crippen molar-refractivity contribution in [1.82, 2.24) is 10.4 Å². The fraction of sp³-hybridized carbons (Fsp3) is 0.727. The van der Waals surface area contributed by atoms with Crippen molar-refractivity contribution in [2.75, 3.05) is 20.2 Å². The van der Waals surface area contributed by atoms with Crippen LogP contribution in [0.3, 0.4) is 0 Å². The fourth-order valence-corrected chi connectivity index (χ4v) is 1.33. The summed E-state index contributed by atoms with van der Waals surface area (Å²) in [6.07, 6.45) is 3.57. The highest BCUT2D eigenvalue weighted by Crippen LogP contribution is 2.08. The summed E-state index contributed by atoms with van der Waals surface area (Å²) in [7, 11) is 2.00. The molecule has 0 aliphatic carbocycles. The van der Waals surface area contributed by atoms with E-state index in [4.69, 9.17) is 9.57 Å². The highest BCUT2D eigenvalue weighted by Gasteiger charge is 2.18. The average Bonchev–Trinajstić information content (AvgIpc) is 2.48. The van der Waals surface area contributed by atoms with Crippen molar-refractivity contribution in [2.45, 2.75) is 32.4 Å². The number of nitrogens with zero attached hydrogens (tertiary/aromatic N) is 1. The van der Waals surface area contributed by atoms with E-state index in [1.54, 1.807) is 20.8 Å². The molecule has 0 radical (unpaired) electrons. The first kappa shape index (κ1) is 13.0. The molecular weight excluding hydrogens is 208 g/mol. The molecule has 0 saturated carbocycles. The van der Waals surface area contributed by atoms with Gasteiger partial charge in [0.15, 0.2) is 0 Å². The molecule has 1 atom stereocenters. The maximum Gasteiger partial charge on any atom is 0.431 e. The maximum absolute atomic E-state index is 11.2. The number of carbonyl (C=O) groups is 1. The van der Waals surface area contributed by atoms with E-state index in [2.05, 4.69) is 22.5 Å². The molecule has 1 heterocycles. The van der Waals surface area contributed by atoms with Gasteiger partial charge in [-0.2, -0.15) is 5.48 Å². The third-order valence-electron chi connectivity index (χ3n) is 2.13. The van der Waals surface area contributed by atoms with E-state index in [0.717, 1.165) is 6.54 Å². The zero-order valence-electron chi connectivity index (χ0n) is 10.3. The van der Waals surface area contributed by atoms with E-state index in [-0.39, 0.29) is 6.04 Å². The third kappa shape index (κ3) is 4.63. The van der Waals surface area contributed by atoms with Crippen LogP contribution in [0.15, 0.2) is 12.2 Å². The number of hydrogen-bond acceptors (Lipinski definition) is 4. The highest BCUT2D eigenvalue weighted by atomic mass is 16.7. The van der Waals surface area contributed by atoms with E-state index in [9.17, 15) is 4.79 Å². The Morgan fingerprint density at radius 2 is 2.25 bits per heavy atom. The number of hydroxylamine groups is 1. The second-order valence-corrected chi connectivity index (χ2v) is 4.85. The topological polar surface area (TPSA) is 50.8 Å². The lowest BCUT2D eigenvalue weighted by molar-refractivity contribution is -0.0165. The number of carbonyl (C=O) groups excluding carboxylic acids is 1. The summed E-state index contributed by atoms with van der Waals surface area (Å²) in [5, 5.41) is 0. The second kappa shape index (κ2) is 5.32. The lowest BCUT2D eigenvalue weighted by Crippen LogP contribution is -2.37. The predicted octanol–water partition coefficient (Wildman–Crippen LogP) is 1.31. The Labute approximate surface area is 96.3 Å². The minimum absolute atomic E-state index is 0.218. The maximum atomic E-state index is 11.2. The van der Waals surface area contributed by atoms with Gasteiger partial charge in [0.25, 0.3) is 0 Å². The van der Waals surface area contributed by atoms with Crippen molar-refractivity contribution >= 4 is 6.09 Å². The molecule has 5 heteroatoms. The van der Waals surface area contributed by atoms with Crippen molar-refractivity contribution < 1.29 is 14.4 Å². The van der Waals surface area contributed by atoms with Crippen molar-refractivity contribution in [3.05, 3.63) is 12.2 Å². The standard InChI is InChI=1S/C11H20N2O3/c1-11(2,3)16-10(14)12-15-8-9-6-5-7-13(9)4/h5-6,9H,7-8H2,1-4H3,(H,12,14). The zero-order chi connectivity index (χ0) is 12.2. The van der Waals surface area contributed by atoms with E-state index in [1.807, 2.05) is 7.05 Å². The van der Waals surface area contributed by atoms with Crippen LogP contribution >= 0.6 is 0 Å². The Bertz CT molecular complexity index is 271. The Kier molecular flexibility index (Phi) is 4.32. The van der Waals surface area contributed by atoms with Crippen molar-refractivity contribution in [3.63, 3.8) is 0 Å². The van der Waals surface area contributed by atoms with E-state index < -0.39 is 11.7 Å². The third-order valence-corrected chi connectivity index (χ3v) is 2.13. The normalized spacial score (nSPS) is 21.1. The van der Waals surface area contributed by atoms with E-state index in [0.29, 0.717) is 6.61 Å². The summed E-state index contributed by atoms with van der Waals surface area (Å²) in [5.74, 6) is 0. The molecule has 5 nitrogen and oxygen atoms in total. The molecule has 1 N–H and O–H groups in total. The number of likely N-dealkylation sites (N-methyl/N-ethyl adjacent to an activating group) is 1. The highest BCUT2D eigenvalue weighted by molar-refractivity contribution is 5.66. The second-order valence-electron chi connectivity index (χ2n) is 4.85. The van der Waals surface area contributed by atoms with Crippen LogP contribution in [-0.2, 0) is 9.57 Å².